The van der Waals surface area contributed by atoms with Crippen LogP contribution in [0.4, 0.5) is 8.78 Å². The van der Waals surface area contributed by atoms with Crippen LogP contribution in [-0.4, -0.2) is 24.1 Å². The molecule has 0 fully saturated rings. The van der Waals surface area contributed by atoms with E-state index in [1.807, 2.05) is 0 Å². The van der Waals surface area contributed by atoms with Gasteiger partial charge in [-0.1, -0.05) is 12.1 Å². The Kier molecular flexibility index (Phi) is 2.12. The van der Waals surface area contributed by atoms with E-state index in [4.69, 9.17) is 11.6 Å². The van der Waals surface area contributed by atoms with Gasteiger partial charge in [-0.15, -0.1) is 0 Å². The molecule has 1 heterocycles. The second-order valence-corrected chi connectivity index (χ2v) is 4.16. The van der Waals surface area contributed by atoms with Crippen molar-refractivity contribution >= 4 is 0 Å². The third-order valence-corrected chi connectivity index (χ3v) is 2.69. The van der Waals surface area contributed by atoms with E-state index < -0.39 is 36.4 Å². The van der Waals surface area contributed by atoms with Gasteiger partial charge in [-0.25, -0.2) is 8.78 Å². The Bertz CT molecular complexity index is 638. The van der Waals surface area contributed by atoms with E-state index >= 15 is 0 Å². The number of halogens is 2. The molecule has 1 unspecified atom stereocenters. The summed E-state index contributed by atoms with van der Waals surface area (Å²) in [6.45, 7) is -1.24. The normalized spacial score (nSPS) is 27.1. The van der Waals surface area contributed by atoms with Crippen LogP contribution in [0.25, 0.3) is 0 Å². The summed E-state index contributed by atoms with van der Waals surface area (Å²) in [5, 5.41) is 2.85. The van der Waals surface area contributed by atoms with Crippen LogP contribution >= 0.6 is 0 Å². The van der Waals surface area contributed by atoms with Crippen molar-refractivity contribution in [2.75, 3.05) is 13.6 Å². The van der Waals surface area contributed by atoms with Crippen molar-refractivity contribution in [3.05, 3.63) is 47.7 Å². The fraction of sp³-hybridized carbons (Fsp3) is 0.385. The summed E-state index contributed by atoms with van der Waals surface area (Å²) in [6.07, 6.45) is 2.83. The second-order valence-electron chi connectivity index (χ2n) is 4.16. The van der Waals surface area contributed by atoms with Crippen molar-refractivity contribution in [2.45, 2.75) is 19.2 Å². The number of hydrogen-bond acceptors (Lipinski definition) is 3. The minimum atomic E-state index is -2.38. The van der Waals surface area contributed by atoms with E-state index in [2.05, 4.69) is 5.32 Å². The highest BCUT2D eigenvalue weighted by atomic mass is 19.2. The summed E-state index contributed by atoms with van der Waals surface area (Å²) in [5.74, 6) is -2.63. The van der Waals surface area contributed by atoms with Crippen LogP contribution in [0.15, 0.2) is 30.6 Å². The molecular weight excluding hydrogens is 238 g/mol. The summed E-state index contributed by atoms with van der Waals surface area (Å²) in [7, 11) is 0. The molecule has 1 aromatic rings. The van der Waals surface area contributed by atoms with Gasteiger partial charge in [0.25, 0.3) is 0 Å². The maximum Gasteiger partial charge on any atom is 0.164 e. The largest absolute Gasteiger partial charge is 0.372 e. The van der Waals surface area contributed by atoms with Crippen molar-refractivity contribution in [1.29, 1.82) is 0 Å². The maximum absolute atomic E-state index is 13.7. The molecule has 2 rings (SSSR count). The van der Waals surface area contributed by atoms with Crippen molar-refractivity contribution in [1.82, 2.24) is 10.2 Å². The van der Waals surface area contributed by atoms with Crippen molar-refractivity contribution < 1.29 is 20.4 Å². The molecule has 0 spiro atoms. The summed E-state index contributed by atoms with van der Waals surface area (Å²) in [5.41, 5.74) is -1.25. The smallest absolute Gasteiger partial charge is 0.164 e. The van der Waals surface area contributed by atoms with E-state index in [0.717, 1.165) is 11.0 Å². The molecule has 5 heteroatoms. The molecule has 0 amide bonds. The number of nitrogens with zero attached hydrogens (tertiary/aromatic N) is 1. The summed E-state index contributed by atoms with van der Waals surface area (Å²) >= 11 is 0. The SMILES string of the molecule is [2H]c1cc(COCC2(C)NC=CN2C([2H])([2H])[2H])c(F)c(F)c1[2H]. The van der Waals surface area contributed by atoms with Crippen molar-refractivity contribution in [3.63, 3.8) is 0 Å². The first-order valence-electron chi connectivity index (χ1n) is 7.82. The Morgan fingerprint density at radius 3 is 3.22 bits per heavy atom. The lowest BCUT2D eigenvalue weighted by Gasteiger charge is -2.33. The topological polar surface area (TPSA) is 24.5 Å². The van der Waals surface area contributed by atoms with Gasteiger partial charge in [-0.3, -0.25) is 0 Å². The van der Waals surface area contributed by atoms with Gasteiger partial charge in [-0.05, 0) is 13.0 Å². The highest BCUT2D eigenvalue weighted by molar-refractivity contribution is 5.18. The van der Waals surface area contributed by atoms with E-state index in [1.54, 1.807) is 6.92 Å². The van der Waals surface area contributed by atoms with Crippen LogP contribution < -0.4 is 5.32 Å². The molecule has 0 aromatic heterocycles. The van der Waals surface area contributed by atoms with Crippen LogP contribution in [0.1, 0.15) is 19.3 Å². The van der Waals surface area contributed by atoms with Gasteiger partial charge in [0.15, 0.2) is 11.6 Å². The quantitative estimate of drug-likeness (QED) is 0.897. The Morgan fingerprint density at radius 1 is 1.61 bits per heavy atom. The fourth-order valence-electron chi connectivity index (χ4n) is 1.55. The summed E-state index contributed by atoms with van der Waals surface area (Å²) in [4.78, 5) is 1.10. The summed E-state index contributed by atoms with van der Waals surface area (Å²) in [6, 6.07) is -0.239. The molecule has 0 saturated carbocycles. The number of likely N-dealkylation sites (N-methyl/N-ethyl adjacent to an activating group) is 1. The molecule has 1 aliphatic rings. The zero-order chi connectivity index (χ0) is 17.4. The first kappa shape index (κ1) is 7.74. The van der Waals surface area contributed by atoms with Gasteiger partial charge in [0.1, 0.15) is 5.66 Å². The van der Waals surface area contributed by atoms with E-state index in [0.29, 0.717) is 0 Å². The Balaban J connectivity index is 2.06. The molecule has 1 aliphatic heterocycles. The first-order chi connectivity index (χ1) is 10.6. The molecule has 18 heavy (non-hydrogen) atoms. The van der Waals surface area contributed by atoms with Gasteiger partial charge in [0.2, 0.25) is 0 Å². The van der Waals surface area contributed by atoms with E-state index in [-0.39, 0.29) is 18.8 Å². The Hall–Kier alpha value is -1.62. The molecule has 1 atom stereocenters. The third-order valence-electron chi connectivity index (χ3n) is 2.69. The number of ether oxygens (including phenoxy) is 1. The molecule has 0 saturated heterocycles. The van der Waals surface area contributed by atoms with E-state index in [9.17, 15) is 8.78 Å². The Labute approximate surface area is 112 Å². The monoisotopic (exact) mass is 259 g/mol. The zero-order valence-corrected chi connectivity index (χ0v) is 9.76. The summed E-state index contributed by atoms with van der Waals surface area (Å²) < 4.78 is 69.4. The lowest BCUT2D eigenvalue weighted by Crippen LogP contribution is -2.50. The first-order valence-corrected chi connectivity index (χ1v) is 5.32. The standard InChI is InChI=1S/C13H16F2N2O/c1-13(16-6-7-17(13)2)9-18-8-10-4-3-5-11(14)12(10)15/h3-7,16H,8-9H2,1-2H3/i2D3,3D,5D. The molecule has 98 valence electrons. The van der Waals surface area contributed by atoms with Crippen LogP contribution in [0.3, 0.4) is 0 Å². The minimum absolute atomic E-state index is 0.116. The number of benzene rings is 1. The molecule has 1 N–H and O–H groups in total. The fourth-order valence-corrected chi connectivity index (χ4v) is 1.55. The molecule has 3 nitrogen and oxygen atoms in total. The maximum atomic E-state index is 13.7. The third kappa shape index (κ3) is 2.46. The van der Waals surface area contributed by atoms with E-state index in [1.165, 1.54) is 12.4 Å². The number of nitrogens with one attached hydrogen (secondary N) is 1. The van der Waals surface area contributed by atoms with Crippen LogP contribution in [0, 0.1) is 11.6 Å². The van der Waals surface area contributed by atoms with Crippen molar-refractivity contribution in [3.8, 4) is 0 Å². The number of hydrogen-bond donors (Lipinski definition) is 1. The second kappa shape index (κ2) is 4.94. The van der Waals surface area contributed by atoms with Crippen LogP contribution in [-0.2, 0) is 11.3 Å². The predicted molar refractivity (Wildman–Crippen MR) is 64.5 cm³/mol. The molecule has 1 aromatic carbocycles. The van der Waals surface area contributed by atoms with Gasteiger partial charge < -0.3 is 15.0 Å². The Morgan fingerprint density at radius 2 is 2.44 bits per heavy atom. The predicted octanol–water partition coefficient (Wildman–Crippen LogP) is 2.20. The average molecular weight is 259 g/mol. The average Bonchev–Trinajstić information content (AvgIpc) is 2.84. The molecule has 0 bridgehead atoms. The lowest BCUT2D eigenvalue weighted by atomic mass is 10.2. The zero-order valence-electron chi connectivity index (χ0n) is 14.8. The molecular formula is C13H16F2N2O. The lowest BCUT2D eigenvalue weighted by molar-refractivity contribution is 0.0220. The van der Waals surface area contributed by atoms with Gasteiger partial charge >= 0.3 is 0 Å². The van der Waals surface area contributed by atoms with Gasteiger partial charge in [0.05, 0.1) is 16.0 Å². The highest BCUT2D eigenvalue weighted by Gasteiger charge is 2.29. The molecule has 0 radical (unpaired) electrons. The minimum Gasteiger partial charge on any atom is -0.372 e. The van der Waals surface area contributed by atoms with Gasteiger partial charge in [-0.2, -0.15) is 0 Å². The molecule has 0 aliphatic carbocycles. The number of rotatable bonds is 4. The highest BCUT2D eigenvalue weighted by Crippen LogP contribution is 2.17. The van der Waals surface area contributed by atoms with Crippen molar-refractivity contribution in [2.24, 2.45) is 0 Å². The van der Waals surface area contributed by atoms with Crippen LogP contribution in [0.2, 0.25) is 0 Å². The van der Waals surface area contributed by atoms with Crippen LogP contribution in [0.5, 0.6) is 0 Å². The van der Waals surface area contributed by atoms with Gasteiger partial charge in [0, 0.05) is 29.1 Å².